The van der Waals surface area contributed by atoms with Crippen LogP contribution in [0.25, 0.3) is 0 Å². The molecule has 1 heterocycles. The Labute approximate surface area is 101 Å². The molecule has 0 aliphatic heterocycles. The molecule has 1 fully saturated rings. The molecule has 0 saturated heterocycles. The van der Waals surface area contributed by atoms with Crippen LogP contribution in [0.5, 0.6) is 0 Å². The third-order valence-electron chi connectivity index (χ3n) is 3.59. The summed E-state index contributed by atoms with van der Waals surface area (Å²) in [6.45, 7) is 2.36. The molecule has 0 atom stereocenters. The molecule has 1 aromatic rings. The van der Waals surface area contributed by atoms with Crippen LogP contribution in [0.1, 0.15) is 32.6 Å². The Balaban J connectivity index is 2.09. The van der Waals surface area contributed by atoms with Crippen molar-refractivity contribution in [3.05, 3.63) is 12.3 Å². The van der Waals surface area contributed by atoms with Gasteiger partial charge in [0.05, 0.1) is 12.1 Å². The van der Waals surface area contributed by atoms with Crippen LogP contribution in [-0.4, -0.2) is 27.2 Å². The van der Waals surface area contributed by atoms with Crippen LogP contribution in [0.3, 0.4) is 0 Å². The molecule has 1 aromatic heterocycles. The van der Waals surface area contributed by atoms with E-state index in [9.17, 15) is 5.11 Å². The van der Waals surface area contributed by atoms with Gasteiger partial charge in [0, 0.05) is 6.20 Å². The van der Waals surface area contributed by atoms with E-state index >= 15 is 0 Å². The molecule has 0 aromatic carbocycles. The molecule has 1 aliphatic rings. The van der Waals surface area contributed by atoms with E-state index in [2.05, 4.69) is 22.2 Å². The van der Waals surface area contributed by atoms with Crippen LogP contribution < -0.4 is 11.1 Å². The van der Waals surface area contributed by atoms with E-state index in [4.69, 9.17) is 5.73 Å². The SMILES string of the molecule is CC1CCC(CO)(Nc2nccc(N)n2)CC1. The molecule has 0 bridgehead atoms. The number of rotatable bonds is 3. The largest absolute Gasteiger partial charge is 0.394 e. The molecule has 0 radical (unpaired) electrons. The summed E-state index contributed by atoms with van der Waals surface area (Å²) in [5, 5.41) is 12.9. The minimum absolute atomic E-state index is 0.109. The van der Waals surface area contributed by atoms with E-state index in [-0.39, 0.29) is 12.1 Å². The number of nitrogens with two attached hydrogens (primary N) is 1. The van der Waals surface area contributed by atoms with Gasteiger partial charge in [-0.3, -0.25) is 0 Å². The van der Waals surface area contributed by atoms with Gasteiger partial charge in [0.2, 0.25) is 5.95 Å². The summed E-state index contributed by atoms with van der Waals surface area (Å²) in [7, 11) is 0. The molecule has 0 spiro atoms. The van der Waals surface area contributed by atoms with E-state index in [0.29, 0.717) is 11.8 Å². The minimum Gasteiger partial charge on any atom is -0.394 e. The van der Waals surface area contributed by atoms with Gasteiger partial charge < -0.3 is 16.2 Å². The maximum atomic E-state index is 9.61. The molecular weight excluding hydrogens is 216 g/mol. The lowest BCUT2D eigenvalue weighted by atomic mass is 9.77. The van der Waals surface area contributed by atoms with E-state index in [1.807, 2.05) is 0 Å². The molecular formula is C12H20N4O. The van der Waals surface area contributed by atoms with E-state index in [0.717, 1.165) is 31.6 Å². The van der Waals surface area contributed by atoms with Crippen molar-refractivity contribution in [3.8, 4) is 0 Å². The van der Waals surface area contributed by atoms with Crippen molar-refractivity contribution in [2.75, 3.05) is 17.7 Å². The summed E-state index contributed by atoms with van der Waals surface area (Å²) in [6, 6.07) is 1.65. The smallest absolute Gasteiger partial charge is 0.225 e. The third-order valence-corrected chi connectivity index (χ3v) is 3.59. The number of hydrogen-bond acceptors (Lipinski definition) is 5. The lowest BCUT2D eigenvalue weighted by Crippen LogP contribution is -2.45. The van der Waals surface area contributed by atoms with Gasteiger partial charge in [-0.2, -0.15) is 4.98 Å². The van der Waals surface area contributed by atoms with Gasteiger partial charge in [0.15, 0.2) is 0 Å². The van der Waals surface area contributed by atoms with Crippen molar-refractivity contribution >= 4 is 11.8 Å². The topological polar surface area (TPSA) is 84.1 Å². The predicted octanol–water partition coefficient (Wildman–Crippen LogP) is 1.41. The zero-order chi connectivity index (χ0) is 12.3. The van der Waals surface area contributed by atoms with Gasteiger partial charge in [-0.1, -0.05) is 6.92 Å². The van der Waals surface area contributed by atoms with Gasteiger partial charge in [-0.25, -0.2) is 4.98 Å². The average molecular weight is 236 g/mol. The Kier molecular flexibility index (Phi) is 3.47. The van der Waals surface area contributed by atoms with Gasteiger partial charge in [-0.15, -0.1) is 0 Å². The predicted molar refractivity (Wildman–Crippen MR) is 67.5 cm³/mol. The van der Waals surface area contributed by atoms with Gasteiger partial charge in [0.1, 0.15) is 5.82 Å². The summed E-state index contributed by atoms with van der Waals surface area (Å²) < 4.78 is 0. The summed E-state index contributed by atoms with van der Waals surface area (Å²) in [4.78, 5) is 8.26. The minimum atomic E-state index is -0.277. The number of nitrogens with zero attached hydrogens (tertiary/aromatic N) is 2. The van der Waals surface area contributed by atoms with E-state index in [1.165, 1.54) is 0 Å². The quantitative estimate of drug-likeness (QED) is 0.739. The summed E-state index contributed by atoms with van der Waals surface area (Å²) in [6.07, 6.45) is 5.76. The van der Waals surface area contributed by atoms with Crippen LogP contribution in [-0.2, 0) is 0 Å². The fourth-order valence-electron chi connectivity index (χ4n) is 2.31. The average Bonchev–Trinajstić information content (AvgIpc) is 2.33. The van der Waals surface area contributed by atoms with E-state index in [1.54, 1.807) is 12.3 Å². The van der Waals surface area contributed by atoms with Crippen LogP contribution >= 0.6 is 0 Å². The van der Waals surface area contributed by atoms with Crippen molar-refractivity contribution < 1.29 is 5.11 Å². The number of aromatic nitrogens is 2. The monoisotopic (exact) mass is 236 g/mol. The third kappa shape index (κ3) is 2.85. The fraction of sp³-hybridized carbons (Fsp3) is 0.667. The van der Waals surface area contributed by atoms with Gasteiger partial charge in [0.25, 0.3) is 0 Å². The van der Waals surface area contributed by atoms with Crippen LogP contribution in [0, 0.1) is 5.92 Å². The molecule has 94 valence electrons. The summed E-state index contributed by atoms with van der Waals surface area (Å²) in [5.74, 6) is 1.69. The molecule has 5 nitrogen and oxygen atoms in total. The standard InChI is InChI=1S/C12H20N4O/c1-9-2-5-12(8-17,6-3-9)16-11-14-7-4-10(13)15-11/h4,7,9,17H,2-3,5-6,8H2,1H3,(H3,13,14,15,16). The van der Waals surface area contributed by atoms with Crippen molar-refractivity contribution in [2.24, 2.45) is 5.92 Å². The highest BCUT2D eigenvalue weighted by molar-refractivity contribution is 5.37. The molecule has 1 aliphatic carbocycles. The van der Waals surface area contributed by atoms with Crippen molar-refractivity contribution in [1.29, 1.82) is 0 Å². The first-order chi connectivity index (χ1) is 8.13. The van der Waals surface area contributed by atoms with Crippen LogP contribution in [0.4, 0.5) is 11.8 Å². The fourth-order valence-corrected chi connectivity index (χ4v) is 2.31. The summed E-state index contributed by atoms with van der Waals surface area (Å²) in [5.41, 5.74) is 5.34. The second-order valence-corrected chi connectivity index (χ2v) is 5.05. The molecule has 0 amide bonds. The van der Waals surface area contributed by atoms with E-state index < -0.39 is 0 Å². The Hall–Kier alpha value is -1.36. The van der Waals surface area contributed by atoms with Crippen molar-refractivity contribution in [3.63, 3.8) is 0 Å². The Morgan fingerprint density at radius 1 is 1.53 bits per heavy atom. The highest BCUT2D eigenvalue weighted by atomic mass is 16.3. The van der Waals surface area contributed by atoms with Gasteiger partial charge in [-0.05, 0) is 37.7 Å². The maximum Gasteiger partial charge on any atom is 0.225 e. The Bertz CT molecular complexity index is 375. The van der Waals surface area contributed by atoms with Crippen molar-refractivity contribution in [1.82, 2.24) is 9.97 Å². The molecule has 5 heteroatoms. The molecule has 17 heavy (non-hydrogen) atoms. The molecule has 0 unspecified atom stereocenters. The zero-order valence-corrected chi connectivity index (χ0v) is 10.2. The molecule has 4 N–H and O–H groups in total. The highest BCUT2D eigenvalue weighted by Crippen LogP contribution is 2.33. The highest BCUT2D eigenvalue weighted by Gasteiger charge is 2.34. The second-order valence-electron chi connectivity index (χ2n) is 5.05. The molecule has 2 rings (SSSR count). The first-order valence-electron chi connectivity index (χ1n) is 6.11. The first-order valence-corrected chi connectivity index (χ1v) is 6.11. The zero-order valence-electron chi connectivity index (χ0n) is 10.2. The second kappa shape index (κ2) is 4.87. The van der Waals surface area contributed by atoms with Crippen LogP contribution in [0.15, 0.2) is 12.3 Å². The van der Waals surface area contributed by atoms with Gasteiger partial charge >= 0.3 is 0 Å². The number of anilines is 2. The Morgan fingerprint density at radius 3 is 2.82 bits per heavy atom. The first kappa shape index (κ1) is 12.1. The lowest BCUT2D eigenvalue weighted by Gasteiger charge is -2.38. The lowest BCUT2D eigenvalue weighted by molar-refractivity contribution is 0.154. The number of hydrogen-bond donors (Lipinski definition) is 3. The summed E-state index contributed by atoms with van der Waals surface area (Å²) >= 11 is 0. The Morgan fingerprint density at radius 2 is 2.24 bits per heavy atom. The molecule has 1 saturated carbocycles. The normalized spacial score (nSPS) is 28.9. The number of aliphatic hydroxyl groups excluding tert-OH is 1. The number of nitrogen functional groups attached to an aromatic ring is 1. The maximum absolute atomic E-state index is 9.61. The van der Waals surface area contributed by atoms with Crippen LogP contribution in [0.2, 0.25) is 0 Å². The number of aliphatic hydroxyl groups is 1. The van der Waals surface area contributed by atoms with Crippen molar-refractivity contribution in [2.45, 2.75) is 38.1 Å². The number of nitrogens with one attached hydrogen (secondary N) is 1.